The highest BCUT2D eigenvalue weighted by Crippen LogP contribution is 2.62. The quantitative estimate of drug-likeness (QED) is 0.448. The van der Waals surface area contributed by atoms with Crippen LogP contribution in [-0.2, 0) is 24.5 Å². The molecule has 0 amide bonds. The van der Waals surface area contributed by atoms with Gasteiger partial charge in [0, 0.05) is 15.5 Å². The molecular weight excluding hydrogens is 404 g/mol. The number of benzene rings is 1. The third-order valence-electron chi connectivity index (χ3n) is 5.65. The van der Waals surface area contributed by atoms with E-state index in [1.165, 1.54) is 14.2 Å². The van der Waals surface area contributed by atoms with Crippen molar-refractivity contribution in [2.75, 3.05) is 14.2 Å². The Morgan fingerprint density at radius 2 is 1.84 bits per heavy atom. The summed E-state index contributed by atoms with van der Waals surface area (Å²) in [6.07, 6.45) is 0.723. The summed E-state index contributed by atoms with van der Waals surface area (Å²) in [5.74, 6) is -0.832. The fourth-order valence-corrected chi connectivity index (χ4v) is 6.05. The van der Waals surface area contributed by atoms with Gasteiger partial charge in [0.15, 0.2) is 0 Å². The average Bonchev–Trinajstić information content (AvgIpc) is 2.88. The van der Waals surface area contributed by atoms with Crippen molar-refractivity contribution in [3.8, 4) is 0 Å². The maximum Gasteiger partial charge on any atom is 0.338 e. The third kappa shape index (κ3) is 2.33. The van der Waals surface area contributed by atoms with E-state index >= 15 is 0 Å². The van der Waals surface area contributed by atoms with Crippen LogP contribution >= 0.6 is 28.6 Å². The minimum absolute atomic E-state index is 0.0151. The lowest BCUT2D eigenvalue weighted by atomic mass is 9.58. The maximum atomic E-state index is 12.9. The van der Waals surface area contributed by atoms with E-state index < -0.39 is 22.8 Å². The second-order valence-electron chi connectivity index (χ2n) is 6.98. The minimum Gasteiger partial charge on any atom is -0.468 e. The maximum absolute atomic E-state index is 12.9. The second-order valence-corrected chi connectivity index (χ2v) is 8.71. The molecule has 0 aromatic heterocycles. The highest BCUT2D eigenvalue weighted by molar-refractivity contribution is 9.09. The largest absolute Gasteiger partial charge is 0.468 e. The normalized spacial score (nSPS) is 33.5. The third-order valence-corrected chi connectivity index (χ3v) is 7.79. The highest BCUT2D eigenvalue weighted by Gasteiger charge is 2.62. The molecule has 1 aromatic rings. The fourth-order valence-electron chi connectivity index (χ4n) is 4.53. The van der Waals surface area contributed by atoms with Gasteiger partial charge in [-0.05, 0) is 30.0 Å². The van der Waals surface area contributed by atoms with E-state index in [-0.39, 0.29) is 10.1 Å². The van der Waals surface area contributed by atoms with Crippen LogP contribution in [0, 0.1) is 5.41 Å². The van der Waals surface area contributed by atoms with E-state index in [1.807, 2.05) is 31.2 Å². The molecule has 6 heteroatoms. The zero-order valence-corrected chi connectivity index (χ0v) is 17.1. The predicted octanol–water partition coefficient (Wildman–Crippen LogP) is 3.53. The molecule has 2 aliphatic carbocycles. The van der Waals surface area contributed by atoms with Crippen LogP contribution < -0.4 is 0 Å². The van der Waals surface area contributed by atoms with Crippen molar-refractivity contribution in [2.24, 2.45) is 5.41 Å². The molecule has 0 spiro atoms. The second kappa shape index (κ2) is 6.16. The van der Waals surface area contributed by atoms with Gasteiger partial charge in [0.25, 0.3) is 0 Å². The molecule has 0 heterocycles. The Morgan fingerprint density at radius 3 is 2.44 bits per heavy atom. The van der Waals surface area contributed by atoms with Gasteiger partial charge in [-0.1, -0.05) is 47.1 Å². The van der Waals surface area contributed by atoms with Gasteiger partial charge < -0.3 is 9.47 Å². The molecular formula is C19H21BrO4S. The number of hydrogen-bond donors (Lipinski definition) is 1. The first-order valence-electron chi connectivity index (χ1n) is 8.07. The van der Waals surface area contributed by atoms with Gasteiger partial charge >= 0.3 is 11.9 Å². The van der Waals surface area contributed by atoms with Crippen molar-refractivity contribution < 1.29 is 19.1 Å². The lowest BCUT2D eigenvalue weighted by Crippen LogP contribution is -2.54. The fraction of sp³-hybridized carbons (Fsp3) is 0.474. The van der Waals surface area contributed by atoms with E-state index in [1.54, 1.807) is 0 Å². The summed E-state index contributed by atoms with van der Waals surface area (Å²) in [5, 5.41) is -0.336. The predicted molar refractivity (Wildman–Crippen MR) is 103 cm³/mol. The molecule has 0 N–H and O–H groups in total. The lowest BCUT2D eigenvalue weighted by Gasteiger charge is -2.49. The lowest BCUT2D eigenvalue weighted by molar-refractivity contribution is -0.150. The number of halogens is 1. The Hall–Kier alpha value is -1.27. The number of esters is 2. The molecule has 134 valence electrons. The van der Waals surface area contributed by atoms with Crippen molar-refractivity contribution in [1.82, 2.24) is 0 Å². The van der Waals surface area contributed by atoms with Crippen LogP contribution in [0.5, 0.6) is 0 Å². The Kier molecular flexibility index (Phi) is 4.57. The van der Waals surface area contributed by atoms with Gasteiger partial charge in [-0.15, -0.1) is 0 Å². The number of methoxy groups -OCH3 is 2. The number of carbonyl (C=O) groups excluding carboxylic acids is 2. The first-order chi connectivity index (χ1) is 11.7. The zero-order chi connectivity index (χ0) is 18.6. The minimum atomic E-state index is -1.05. The Labute approximate surface area is 161 Å². The summed E-state index contributed by atoms with van der Waals surface area (Å²) < 4.78 is 10.2. The van der Waals surface area contributed by atoms with E-state index in [2.05, 4.69) is 22.9 Å². The summed E-state index contributed by atoms with van der Waals surface area (Å²) in [6, 6.07) is 7.77. The number of rotatable bonds is 2. The van der Waals surface area contributed by atoms with Gasteiger partial charge in [-0.3, -0.25) is 4.79 Å². The molecule has 0 radical (unpaired) electrons. The van der Waals surface area contributed by atoms with E-state index in [4.69, 9.17) is 22.1 Å². The summed E-state index contributed by atoms with van der Waals surface area (Å²) in [5.41, 5.74) is 1.54. The smallest absolute Gasteiger partial charge is 0.338 e. The van der Waals surface area contributed by atoms with Crippen molar-refractivity contribution in [1.29, 1.82) is 0 Å². The van der Waals surface area contributed by atoms with Crippen molar-refractivity contribution in [3.63, 3.8) is 0 Å². The molecule has 1 saturated carbocycles. The molecule has 4 atom stereocenters. The average molecular weight is 425 g/mol. The monoisotopic (exact) mass is 424 g/mol. The number of carbonyl (C=O) groups is 2. The summed E-state index contributed by atoms with van der Waals surface area (Å²) in [7, 11) is 2.72. The molecule has 25 heavy (non-hydrogen) atoms. The van der Waals surface area contributed by atoms with E-state index in [0.29, 0.717) is 5.57 Å². The van der Waals surface area contributed by atoms with Crippen molar-refractivity contribution in [2.45, 2.75) is 35.8 Å². The summed E-state index contributed by atoms with van der Waals surface area (Å²) in [6.45, 7) is 3.89. The Bertz CT molecular complexity index is 789. The zero-order valence-electron chi connectivity index (χ0n) is 14.6. The highest BCUT2D eigenvalue weighted by atomic mass is 79.9. The van der Waals surface area contributed by atoms with Crippen LogP contribution in [-0.4, -0.2) is 36.2 Å². The van der Waals surface area contributed by atoms with Crippen LogP contribution in [0.1, 0.15) is 31.4 Å². The van der Waals surface area contributed by atoms with Gasteiger partial charge in [-0.2, -0.15) is 12.6 Å². The van der Waals surface area contributed by atoms with Gasteiger partial charge in [0.05, 0.1) is 19.8 Å². The molecule has 2 aliphatic rings. The Morgan fingerprint density at radius 1 is 1.20 bits per heavy atom. The van der Waals surface area contributed by atoms with Crippen LogP contribution in [0.15, 0.2) is 29.8 Å². The van der Waals surface area contributed by atoms with Crippen LogP contribution in [0.3, 0.4) is 0 Å². The topological polar surface area (TPSA) is 52.6 Å². The van der Waals surface area contributed by atoms with Gasteiger partial charge in [0.2, 0.25) is 0 Å². The van der Waals surface area contributed by atoms with Crippen molar-refractivity contribution >= 4 is 46.1 Å². The first kappa shape index (κ1) is 18.5. The molecule has 1 unspecified atom stereocenters. The molecule has 1 fully saturated rings. The SMILES string of the molecule is COC(=O)C1=C2[C@](C)(C(=O)OC)C(S)[C@H](Br)C[C@@]2(C)c2ccccc21. The van der Waals surface area contributed by atoms with Gasteiger partial charge in [-0.25, -0.2) is 4.79 Å². The standard InChI is InChI=1S/C19H21BrO4S/c1-18-9-12(20)15(25)19(2,17(22)24-4)14(18)13(16(21)23-3)10-7-5-6-8-11(10)18/h5-8,12,15,25H,9H2,1-4H3/t12-,15?,18+,19+/m1/s1. The van der Waals surface area contributed by atoms with E-state index in [0.717, 1.165) is 23.1 Å². The Balaban J connectivity index is 2.41. The summed E-state index contributed by atoms with van der Waals surface area (Å²) in [4.78, 5) is 25.5. The molecule has 4 nitrogen and oxygen atoms in total. The van der Waals surface area contributed by atoms with Crippen LogP contribution in [0.2, 0.25) is 0 Å². The van der Waals surface area contributed by atoms with E-state index in [9.17, 15) is 9.59 Å². The number of alkyl halides is 1. The number of thiol groups is 1. The van der Waals surface area contributed by atoms with Gasteiger partial charge in [0.1, 0.15) is 5.41 Å². The molecule has 0 saturated heterocycles. The van der Waals surface area contributed by atoms with Crippen LogP contribution in [0.25, 0.3) is 5.57 Å². The molecule has 1 aromatic carbocycles. The molecule has 3 rings (SSSR count). The first-order valence-corrected chi connectivity index (χ1v) is 9.50. The molecule has 0 aliphatic heterocycles. The molecule has 0 bridgehead atoms. The van der Waals surface area contributed by atoms with Crippen LogP contribution in [0.4, 0.5) is 0 Å². The number of hydrogen-bond acceptors (Lipinski definition) is 5. The van der Waals surface area contributed by atoms with Crippen molar-refractivity contribution in [3.05, 3.63) is 41.0 Å². The summed E-state index contributed by atoms with van der Waals surface area (Å²) >= 11 is 8.43. The number of ether oxygens (including phenoxy) is 2. The number of fused-ring (bicyclic) bond motifs is 3.